The molecule has 39 heavy (non-hydrogen) atoms. The number of anilines is 1. The number of hydrogen-bond acceptors (Lipinski definition) is 4. The Kier molecular flexibility index (Phi) is 7.94. The number of aromatic nitrogens is 1. The molecule has 2 heterocycles. The van der Waals surface area contributed by atoms with E-state index in [-0.39, 0.29) is 10.8 Å². The lowest BCUT2D eigenvalue weighted by atomic mass is 9.80. The average Bonchev–Trinajstić information content (AvgIpc) is 3.56. The molecule has 8 heteroatoms. The van der Waals surface area contributed by atoms with Crippen LogP contribution in [0.5, 0.6) is 5.75 Å². The monoisotopic (exact) mass is 551 g/mol. The van der Waals surface area contributed by atoms with Crippen molar-refractivity contribution in [2.45, 2.75) is 63.7 Å². The first kappa shape index (κ1) is 27.6. The SMILES string of the molecule is CCOc1ccccc1S(=O)(=O)Nc1ccc2c(c1)c([C@@H]1CCN(C(=O)[C@H](C)C3CCCC3)C[C@@H]1C)cn2C. The third-order valence-electron chi connectivity index (χ3n) is 8.82. The maximum absolute atomic E-state index is 13.3. The number of piperidine rings is 1. The van der Waals surface area contributed by atoms with Gasteiger partial charge in [0, 0.05) is 48.8 Å². The normalized spacial score (nSPS) is 21.3. The number of fused-ring (bicyclic) bond motifs is 1. The summed E-state index contributed by atoms with van der Waals surface area (Å²) in [4.78, 5) is 15.5. The Balaban J connectivity index is 1.37. The van der Waals surface area contributed by atoms with Crippen LogP contribution in [0, 0.1) is 17.8 Å². The summed E-state index contributed by atoms with van der Waals surface area (Å²) in [5.74, 6) is 1.90. The lowest BCUT2D eigenvalue weighted by Gasteiger charge is -2.39. The van der Waals surface area contributed by atoms with Gasteiger partial charge in [-0.3, -0.25) is 9.52 Å². The number of carbonyl (C=O) groups is 1. The van der Waals surface area contributed by atoms with Crippen LogP contribution in [0.25, 0.3) is 10.9 Å². The second kappa shape index (κ2) is 11.2. The van der Waals surface area contributed by atoms with Gasteiger partial charge in [0.2, 0.25) is 5.91 Å². The Hall–Kier alpha value is -3.00. The zero-order chi connectivity index (χ0) is 27.7. The number of sulfonamides is 1. The first-order valence-corrected chi connectivity index (χ1v) is 15.8. The molecular weight excluding hydrogens is 510 g/mol. The van der Waals surface area contributed by atoms with Crippen LogP contribution >= 0.6 is 0 Å². The third-order valence-corrected chi connectivity index (χ3v) is 10.2. The topological polar surface area (TPSA) is 80.6 Å². The fourth-order valence-electron chi connectivity index (χ4n) is 6.69. The molecule has 1 aromatic heterocycles. The molecule has 1 aliphatic carbocycles. The minimum atomic E-state index is -3.83. The lowest BCUT2D eigenvalue weighted by Crippen LogP contribution is -2.45. The number of aryl methyl sites for hydroxylation is 1. The zero-order valence-electron chi connectivity index (χ0n) is 23.5. The van der Waals surface area contributed by atoms with Gasteiger partial charge in [0.15, 0.2) is 0 Å². The summed E-state index contributed by atoms with van der Waals surface area (Å²) in [7, 11) is -1.81. The lowest BCUT2D eigenvalue weighted by molar-refractivity contribution is -0.138. The van der Waals surface area contributed by atoms with E-state index in [9.17, 15) is 13.2 Å². The fourth-order valence-corrected chi connectivity index (χ4v) is 7.89. The van der Waals surface area contributed by atoms with Crippen molar-refractivity contribution < 1.29 is 17.9 Å². The molecule has 5 rings (SSSR count). The van der Waals surface area contributed by atoms with E-state index in [4.69, 9.17) is 4.74 Å². The van der Waals surface area contributed by atoms with Crippen molar-refractivity contribution in [2.24, 2.45) is 24.8 Å². The molecule has 1 saturated heterocycles. The molecule has 7 nitrogen and oxygen atoms in total. The molecule has 1 aliphatic heterocycles. The number of para-hydroxylation sites is 1. The van der Waals surface area contributed by atoms with Crippen molar-refractivity contribution in [3.8, 4) is 5.75 Å². The first-order valence-electron chi connectivity index (χ1n) is 14.3. The van der Waals surface area contributed by atoms with Crippen LogP contribution in [0.3, 0.4) is 0 Å². The van der Waals surface area contributed by atoms with E-state index in [0.29, 0.717) is 41.7 Å². The van der Waals surface area contributed by atoms with Gasteiger partial charge in [0.05, 0.1) is 6.61 Å². The first-order chi connectivity index (χ1) is 18.7. The van der Waals surface area contributed by atoms with Gasteiger partial charge in [-0.15, -0.1) is 0 Å². The van der Waals surface area contributed by atoms with Crippen LogP contribution in [0.1, 0.15) is 64.4 Å². The molecule has 0 unspecified atom stereocenters. The van der Waals surface area contributed by atoms with Crippen LogP contribution in [0.15, 0.2) is 53.6 Å². The minimum Gasteiger partial charge on any atom is -0.492 e. The standard InChI is InChI=1S/C31H41N3O4S/c1-5-38-29-12-8-9-13-30(29)39(36,37)32-24-14-15-28-26(18-24)27(20-33(28)4)25-16-17-34(19-21(25)2)31(35)22(3)23-10-6-7-11-23/h8-9,12-15,18,20-23,25,32H,5-7,10-11,16-17,19H2,1-4H3/t21-,22+,25+/m0/s1. The zero-order valence-corrected chi connectivity index (χ0v) is 24.3. The highest BCUT2D eigenvalue weighted by molar-refractivity contribution is 7.92. The van der Waals surface area contributed by atoms with Crippen LogP contribution in [-0.4, -0.2) is 43.5 Å². The van der Waals surface area contributed by atoms with Crippen LogP contribution in [-0.2, 0) is 21.9 Å². The van der Waals surface area contributed by atoms with Crippen LogP contribution in [0.2, 0.25) is 0 Å². The molecule has 210 valence electrons. The summed E-state index contributed by atoms with van der Waals surface area (Å²) in [6.07, 6.45) is 7.93. The van der Waals surface area contributed by atoms with E-state index in [1.165, 1.54) is 31.2 Å². The number of likely N-dealkylation sites (tertiary alicyclic amines) is 1. The number of carbonyl (C=O) groups excluding carboxylic acids is 1. The minimum absolute atomic E-state index is 0.109. The van der Waals surface area contributed by atoms with Gasteiger partial charge < -0.3 is 14.2 Å². The summed E-state index contributed by atoms with van der Waals surface area (Å²) in [5, 5.41) is 1.05. The van der Waals surface area contributed by atoms with E-state index in [1.54, 1.807) is 24.3 Å². The summed E-state index contributed by atoms with van der Waals surface area (Å²) in [6.45, 7) is 8.10. The smallest absolute Gasteiger partial charge is 0.265 e. The Morgan fingerprint density at radius 2 is 1.87 bits per heavy atom. The Morgan fingerprint density at radius 1 is 1.13 bits per heavy atom. The number of rotatable bonds is 8. The van der Waals surface area contributed by atoms with E-state index >= 15 is 0 Å². The van der Waals surface area contributed by atoms with Crippen molar-refractivity contribution in [3.63, 3.8) is 0 Å². The molecule has 1 saturated carbocycles. The molecule has 2 aromatic carbocycles. The molecule has 1 N–H and O–H groups in total. The maximum Gasteiger partial charge on any atom is 0.265 e. The third kappa shape index (κ3) is 5.53. The number of benzene rings is 2. The number of nitrogens with zero attached hydrogens (tertiary/aromatic N) is 2. The largest absolute Gasteiger partial charge is 0.492 e. The van der Waals surface area contributed by atoms with Crippen molar-refractivity contribution in [1.82, 2.24) is 9.47 Å². The van der Waals surface area contributed by atoms with Crippen molar-refractivity contribution in [3.05, 3.63) is 54.2 Å². The number of nitrogens with one attached hydrogen (secondary N) is 1. The Labute approximate surface area is 232 Å². The Bertz CT molecular complexity index is 1440. The summed E-state index contributed by atoms with van der Waals surface area (Å²) < 4.78 is 37.0. The fraction of sp³-hybridized carbons (Fsp3) is 0.516. The quantitative estimate of drug-likeness (QED) is 0.364. The molecular formula is C31H41N3O4S. The molecule has 1 amide bonds. The van der Waals surface area contributed by atoms with Gasteiger partial charge in [0.25, 0.3) is 10.0 Å². The number of hydrogen-bond donors (Lipinski definition) is 1. The molecule has 2 fully saturated rings. The second-order valence-corrected chi connectivity index (χ2v) is 13.1. The molecule has 3 aromatic rings. The predicted molar refractivity (Wildman–Crippen MR) is 156 cm³/mol. The van der Waals surface area contributed by atoms with Gasteiger partial charge in [0.1, 0.15) is 10.6 Å². The molecule has 2 aliphatic rings. The van der Waals surface area contributed by atoms with Gasteiger partial charge in [-0.2, -0.15) is 0 Å². The average molecular weight is 552 g/mol. The summed E-state index contributed by atoms with van der Waals surface area (Å²) in [5.41, 5.74) is 2.79. The van der Waals surface area contributed by atoms with E-state index in [0.717, 1.165) is 30.4 Å². The molecule has 0 bridgehead atoms. The van der Waals surface area contributed by atoms with Crippen molar-refractivity contribution in [1.29, 1.82) is 0 Å². The van der Waals surface area contributed by atoms with Gasteiger partial charge in [-0.1, -0.05) is 38.8 Å². The number of ether oxygens (including phenoxy) is 1. The van der Waals surface area contributed by atoms with E-state index in [2.05, 4.69) is 34.2 Å². The predicted octanol–water partition coefficient (Wildman–Crippen LogP) is 6.16. The van der Waals surface area contributed by atoms with Crippen molar-refractivity contribution in [2.75, 3.05) is 24.4 Å². The molecule has 0 spiro atoms. The molecule has 3 atom stereocenters. The van der Waals surface area contributed by atoms with Crippen molar-refractivity contribution >= 4 is 32.5 Å². The highest BCUT2D eigenvalue weighted by Crippen LogP contribution is 2.40. The van der Waals surface area contributed by atoms with Gasteiger partial charge in [-0.25, -0.2) is 8.42 Å². The van der Waals surface area contributed by atoms with Gasteiger partial charge >= 0.3 is 0 Å². The summed E-state index contributed by atoms with van der Waals surface area (Å²) in [6, 6.07) is 12.4. The maximum atomic E-state index is 13.3. The number of amides is 1. The molecule has 0 radical (unpaired) electrons. The Morgan fingerprint density at radius 3 is 2.59 bits per heavy atom. The van der Waals surface area contributed by atoms with Crippen LogP contribution in [0.4, 0.5) is 5.69 Å². The second-order valence-electron chi connectivity index (χ2n) is 11.4. The highest BCUT2D eigenvalue weighted by atomic mass is 32.2. The highest BCUT2D eigenvalue weighted by Gasteiger charge is 2.35. The van der Waals surface area contributed by atoms with E-state index < -0.39 is 10.0 Å². The van der Waals surface area contributed by atoms with Crippen LogP contribution < -0.4 is 9.46 Å². The summed E-state index contributed by atoms with van der Waals surface area (Å²) >= 11 is 0. The van der Waals surface area contributed by atoms with Gasteiger partial charge in [-0.05, 0) is 79.8 Å². The van der Waals surface area contributed by atoms with E-state index in [1.807, 2.05) is 32.2 Å².